The minimum absolute atomic E-state index is 0.0260. The quantitative estimate of drug-likeness (QED) is 0.916. The number of sulfonamides is 1. The van der Waals surface area contributed by atoms with Crippen LogP contribution in [-0.4, -0.2) is 25.1 Å². The Labute approximate surface area is 129 Å². The largest absolute Gasteiger partial charge is 0.451 e. The molecule has 0 spiro atoms. The number of oxazole rings is 1. The first kappa shape index (κ1) is 16.3. The lowest BCUT2D eigenvalue weighted by molar-refractivity contribution is 0.0570. The number of ether oxygens (including phenoxy) is 1. The highest BCUT2D eigenvalue weighted by molar-refractivity contribution is 7.94. The van der Waals surface area contributed by atoms with Gasteiger partial charge in [0, 0.05) is 5.92 Å². The average molecular weight is 326 g/mol. The molecule has 1 heterocycles. The zero-order chi connectivity index (χ0) is 16.4. The minimum atomic E-state index is -3.94. The van der Waals surface area contributed by atoms with Gasteiger partial charge in [0.1, 0.15) is 11.9 Å². The molecule has 2 rings (SSSR count). The van der Waals surface area contributed by atoms with Crippen LogP contribution in [0.1, 0.15) is 38.8 Å². The second kappa shape index (κ2) is 5.96. The molecular weight excluding hydrogens is 308 g/mol. The summed E-state index contributed by atoms with van der Waals surface area (Å²) < 4.78 is 36.0. The molecule has 0 aliphatic heterocycles. The van der Waals surface area contributed by atoms with Crippen LogP contribution in [0.5, 0.6) is 0 Å². The fraction of sp³-hybridized carbons (Fsp3) is 0.429. The van der Waals surface area contributed by atoms with Gasteiger partial charge >= 0.3 is 6.09 Å². The van der Waals surface area contributed by atoms with Gasteiger partial charge in [-0.2, -0.15) is 0 Å². The Morgan fingerprint density at radius 1 is 1.45 bits per heavy atom. The Morgan fingerprint density at radius 2 is 2.18 bits per heavy atom. The zero-order valence-electron chi connectivity index (χ0n) is 12.6. The molecule has 7 nitrogen and oxygen atoms in total. The third-order valence-electron chi connectivity index (χ3n) is 2.82. The number of nitrogens with zero attached hydrogens (tertiary/aromatic N) is 1. The number of amides is 1. The second-order valence-corrected chi connectivity index (χ2v) is 7.51. The summed E-state index contributed by atoms with van der Waals surface area (Å²) in [5.74, 6) is -0.0424. The number of aromatic nitrogens is 1. The summed E-state index contributed by atoms with van der Waals surface area (Å²) in [5, 5.41) is 0. The summed E-state index contributed by atoms with van der Waals surface area (Å²) in [6, 6.07) is 0. The highest BCUT2D eigenvalue weighted by atomic mass is 32.2. The molecule has 1 N–H and O–H groups in total. The zero-order valence-corrected chi connectivity index (χ0v) is 13.4. The van der Waals surface area contributed by atoms with Gasteiger partial charge in [0.05, 0.1) is 10.6 Å². The van der Waals surface area contributed by atoms with Gasteiger partial charge in [-0.1, -0.05) is 12.2 Å². The van der Waals surface area contributed by atoms with Crippen LogP contribution in [0.15, 0.2) is 40.2 Å². The van der Waals surface area contributed by atoms with E-state index in [9.17, 15) is 13.2 Å². The minimum Gasteiger partial charge on any atom is -0.451 e. The van der Waals surface area contributed by atoms with Crippen LogP contribution in [-0.2, 0) is 14.8 Å². The second-order valence-electron chi connectivity index (χ2n) is 5.83. The topological polar surface area (TPSA) is 98.5 Å². The fourth-order valence-electron chi connectivity index (χ4n) is 1.89. The number of nitrogens with one attached hydrogen (secondary N) is 1. The molecule has 0 bridgehead atoms. The highest BCUT2D eigenvalue weighted by Gasteiger charge is 2.25. The van der Waals surface area contributed by atoms with Crippen molar-refractivity contribution in [1.82, 2.24) is 9.71 Å². The van der Waals surface area contributed by atoms with Gasteiger partial charge in [-0.3, -0.25) is 0 Å². The first-order chi connectivity index (χ1) is 10.2. The standard InChI is InChI=1S/C14H18N2O5S/c1-14(2,3)21-13(17)16-22(18,19)11-6-4-10(5-7-11)12-8-20-9-15-12/h4,6-10H,5H2,1-3H3,(H,16,17). The molecule has 0 fully saturated rings. The highest BCUT2D eigenvalue weighted by Crippen LogP contribution is 2.27. The van der Waals surface area contributed by atoms with Gasteiger partial charge in [0.25, 0.3) is 10.0 Å². The summed E-state index contributed by atoms with van der Waals surface area (Å²) in [6.45, 7) is 4.96. The van der Waals surface area contributed by atoms with Crippen molar-refractivity contribution >= 4 is 16.1 Å². The van der Waals surface area contributed by atoms with Crippen LogP contribution in [0.2, 0.25) is 0 Å². The lowest BCUT2D eigenvalue weighted by Gasteiger charge is -2.20. The Bertz CT molecular complexity index is 696. The van der Waals surface area contributed by atoms with E-state index < -0.39 is 21.7 Å². The van der Waals surface area contributed by atoms with Crippen molar-refractivity contribution in [3.8, 4) is 0 Å². The maximum atomic E-state index is 12.1. The summed E-state index contributed by atoms with van der Waals surface area (Å²) in [6.07, 6.45) is 6.97. The number of carbonyl (C=O) groups excluding carboxylic acids is 1. The van der Waals surface area contributed by atoms with Crippen molar-refractivity contribution in [3.63, 3.8) is 0 Å². The number of hydrogen-bond donors (Lipinski definition) is 1. The SMILES string of the molecule is CC(C)(C)OC(=O)NS(=O)(=O)C1=CCC(c2cocn2)C=C1. The predicted molar refractivity (Wildman–Crippen MR) is 79.4 cm³/mol. The van der Waals surface area contributed by atoms with E-state index >= 15 is 0 Å². The van der Waals surface area contributed by atoms with Crippen molar-refractivity contribution in [2.75, 3.05) is 0 Å². The van der Waals surface area contributed by atoms with Gasteiger partial charge in [-0.25, -0.2) is 22.9 Å². The molecule has 1 unspecified atom stereocenters. The number of allylic oxidation sites excluding steroid dienone is 3. The van der Waals surface area contributed by atoms with E-state index in [0.717, 1.165) is 5.69 Å². The molecule has 0 saturated heterocycles. The van der Waals surface area contributed by atoms with Crippen molar-refractivity contribution in [2.45, 2.75) is 38.7 Å². The van der Waals surface area contributed by atoms with Gasteiger partial charge in [0.15, 0.2) is 6.39 Å². The van der Waals surface area contributed by atoms with E-state index in [2.05, 4.69) is 4.98 Å². The van der Waals surface area contributed by atoms with Crippen LogP contribution >= 0.6 is 0 Å². The predicted octanol–water partition coefficient (Wildman–Crippen LogP) is 2.46. The van der Waals surface area contributed by atoms with Crippen LogP contribution in [0.4, 0.5) is 4.79 Å². The van der Waals surface area contributed by atoms with Gasteiger partial charge in [0.2, 0.25) is 0 Å². The molecule has 1 atom stereocenters. The van der Waals surface area contributed by atoms with Crippen molar-refractivity contribution in [2.24, 2.45) is 0 Å². The lowest BCUT2D eigenvalue weighted by Crippen LogP contribution is -2.36. The van der Waals surface area contributed by atoms with E-state index in [4.69, 9.17) is 9.15 Å². The molecule has 120 valence electrons. The van der Waals surface area contributed by atoms with Gasteiger partial charge < -0.3 is 9.15 Å². The van der Waals surface area contributed by atoms with E-state index in [1.807, 2.05) is 4.72 Å². The van der Waals surface area contributed by atoms with Crippen LogP contribution in [0.3, 0.4) is 0 Å². The number of hydrogen-bond acceptors (Lipinski definition) is 6. The Balaban J connectivity index is 2.03. The average Bonchev–Trinajstić information content (AvgIpc) is 2.89. The molecular formula is C14H18N2O5S. The van der Waals surface area contributed by atoms with Crippen molar-refractivity contribution < 1.29 is 22.4 Å². The monoisotopic (exact) mass is 326 g/mol. The van der Waals surface area contributed by atoms with Crippen molar-refractivity contribution in [1.29, 1.82) is 0 Å². The lowest BCUT2D eigenvalue weighted by atomic mass is 9.98. The fourth-order valence-corrected chi connectivity index (χ4v) is 2.84. The smallest absolute Gasteiger partial charge is 0.421 e. The van der Waals surface area contributed by atoms with E-state index in [-0.39, 0.29) is 10.8 Å². The normalized spacial score (nSPS) is 18.7. The molecule has 1 aliphatic carbocycles. The molecule has 8 heteroatoms. The maximum absolute atomic E-state index is 12.1. The van der Waals surface area contributed by atoms with Gasteiger partial charge in [-0.15, -0.1) is 0 Å². The summed E-state index contributed by atoms with van der Waals surface area (Å²) in [4.78, 5) is 15.6. The molecule has 0 aromatic carbocycles. The molecule has 1 aromatic rings. The van der Waals surface area contributed by atoms with Crippen molar-refractivity contribution in [3.05, 3.63) is 41.5 Å². The van der Waals surface area contributed by atoms with Crippen LogP contribution in [0, 0.1) is 0 Å². The van der Waals surface area contributed by atoms with Crippen LogP contribution < -0.4 is 4.72 Å². The molecule has 1 aromatic heterocycles. The Hall–Kier alpha value is -2.09. The Kier molecular flexibility index (Phi) is 4.41. The molecule has 1 amide bonds. The number of carbonyl (C=O) groups is 1. The third kappa shape index (κ3) is 4.20. The first-order valence-corrected chi connectivity index (χ1v) is 8.18. The van der Waals surface area contributed by atoms with Crippen LogP contribution in [0.25, 0.3) is 0 Å². The van der Waals surface area contributed by atoms with Gasteiger partial charge in [-0.05, 0) is 33.3 Å². The molecule has 0 radical (unpaired) electrons. The summed E-state index contributed by atoms with van der Waals surface area (Å²) in [5.41, 5.74) is -0.0434. The number of rotatable bonds is 3. The third-order valence-corrected chi connectivity index (χ3v) is 4.18. The maximum Gasteiger partial charge on any atom is 0.421 e. The molecule has 0 saturated carbocycles. The first-order valence-electron chi connectivity index (χ1n) is 6.70. The molecule has 1 aliphatic rings. The molecule has 22 heavy (non-hydrogen) atoms. The van der Waals surface area contributed by atoms with E-state index in [0.29, 0.717) is 6.42 Å². The summed E-state index contributed by atoms with van der Waals surface area (Å²) >= 11 is 0. The summed E-state index contributed by atoms with van der Waals surface area (Å²) in [7, 11) is -3.94. The Morgan fingerprint density at radius 3 is 2.68 bits per heavy atom. The van der Waals surface area contributed by atoms with E-state index in [1.165, 1.54) is 24.8 Å². The van der Waals surface area contributed by atoms with E-state index in [1.54, 1.807) is 26.8 Å².